The number of nitrogens with zero attached hydrogens (tertiary/aromatic N) is 2. The minimum Gasteiger partial charge on any atom is -0.454 e. The van der Waals surface area contributed by atoms with Crippen LogP contribution in [0.1, 0.15) is 40.0 Å². The molecule has 9 heteroatoms. The molecule has 5 rings (SSSR count). The third kappa shape index (κ3) is 3.49. The van der Waals surface area contributed by atoms with Gasteiger partial charge in [0.05, 0.1) is 28.0 Å². The molecule has 0 spiro atoms. The van der Waals surface area contributed by atoms with Gasteiger partial charge in [0.15, 0.2) is 12.4 Å². The number of carbonyl (C=O) groups is 4. The number of amides is 2. The average Bonchev–Trinajstić information content (AvgIpc) is 3.51. The maximum absolute atomic E-state index is 12.9. The minimum atomic E-state index is -0.731. The number of hydrogen-bond donors (Lipinski definition) is 0. The number of fused-ring (bicyclic) bond motifs is 5. The number of non-ortho nitro benzene ring substituents is 1. The average molecular weight is 448 g/mol. The number of carbonyl (C=O) groups excluding carboxylic acids is 4. The second kappa shape index (κ2) is 7.91. The van der Waals surface area contributed by atoms with E-state index >= 15 is 0 Å². The lowest BCUT2D eigenvalue weighted by molar-refractivity contribution is -0.384. The van der Waals surface area contributed by atoms with E-state index in [0.29, 0.717) is 17.5 Å². The summed E-state index contributed by atoms with van der Waals surface area (Å²) in [7, 11) is 0. The van der Waals surface area contributed by atoms with Gasteiger partial charge >= 0.3 is 5.97 Å². The van der Waals surface area contributed by atoms with Crippen LogP contribution in [0.4, 0.5) is 11.4 Å². The van der Waals surface area contributed by atoms with Crippen LogP contribution in [-0.2, 0) is 14.3 Å². The maximum Gasteiger partial charge on any atom is 0.338 e. The third-order valence-electron chi connectivity index (χ3n) is 7.02. The van der Waals surface area contributed by atoms with Gasteiger partial charge in [0.25, 0.3) is 5.69 Å². The predicted molar refractivity (Wildman–Crippen MR) is 114 cm³/mol. The van der Waals surface area contributed by atoms with Gasteiger partial charge in [0, 0.05) is 17.7 Å². The second-order valence-corrected chi connectivity index (χ2v) is 8.75. The molecule has 3 fully saturated rings. The Morgan fingerprint density at radius 3 is 2.00 bits per heavy atom. The summed E-state index contributed by atoms with van der Waals surface area (Å²) in [6, 6.07) is 11.0. The fourth-order valence-corrected chi connectivity index (χ4v) is 5.48. The van der Waals surface area contributed by atoms with Gasteiger partial charge in [-0.25, -0.2) is 4.79 Å². The number of anilines is 1. The zero-order chi connectivity index (χ0) is 23.3. The Morgan fingerprint density at radius 1 is 0.909 bits per heavy atom. The van der Waals surface area contributed by atoms with E-state index in [0.717, 1.165) is 19.3 Å². The molecule has 1 saturated heterocycles. The van der Waals surface area contributed by atoms with Crippen molar-refractivity contribution in [3.63, 3.8) is 0 Å². The highest BCUT2D eigenvalue weighted by atomic mass is 16.6. The molecule has 2 amide bonds. The van der Waals surface area contributed by atoms with E-state index in [9.17, 15) is 29.3 Å². The van der Waals surface area contributed by atoms with Crippen LogP contribution < -0.4 is 4.90 Å². The minimum absolute atomic E-state index is 0.144. The summed E-state index contributed by atoms with van der Waals surface area (Å²) in [6.07, 6.45) is 2.97. The highest BCUT2D eigenvalue weighted by molar-refractivity contribution is 6.22. The Morgan fingerprint density at radius 2 is 1.45 bits per heavy atom. The molecule has 0 radical (unpaired) electrons. The van der Waals surface area contributed by atoms with Crippen molar-refractivity contribution in [2.45, 2.75) is 19.3 Å². The van der Waals surface area contributed by atoms with Crippen LogP contribution in [-0.4, -0.2) is 35.1 Å². The number of Topliss-reactive ketones (excluding diaryl/α,β-unsaturated/α-hetero) is 1. The number of ketones is 1. The molecular formula is C24H20N2O7. The summed E-state index contributed by atoms with van der Waals surface area (Å²) >= 11 is 0. The summed E-state index contributed by atoms with van der Waals surface area (Å²) in [5, 5.41) is 10.7. The SMILES string of the molecule is O=C(COC(=O)c1ccc(N2C(=O)[C@H]3[C@@H]4CC[C@@H](C4)[C@@H]3C2=O)cc1)c1ccc([N+](=O)[O-])cc1. The molecule has 2 aliphatic carbocycles. The molecule has 0 N–H and O–H groups in total. The van der Waals surface area contributed by atoms with Crippen molar-refractivity contribution in [2.75, 3.05) is 11.5 Å². The normalized spacial score (nSPS) is 25.3. The number of nitro groups is 1. The molecule has 33 heavy (non-hydrogen) atoms. The van der Waals surface area contributed by atoms with Crippen molar-refractivity contribution in [3.05, 3.63) is 69.8 Å². The first-order chi connectivity index (χ1) is 15.8. The van der Waals surface area contributed by atoms with Gasteiger partial charge in [0.2, 0.25) is 11.8 Å². The van der Waals surface area contributed by atoms with Gasteiger partial charge in [-0.3, -0.25) is 29.4 Å². The molecule has 168 valence electrons. The van der Waals surface area contributed by atoms with Crippen LogP contribution in [0.25, 0.3) is 0 Å². The lowest BCUT2D eigenvalue weighted by Gasteiger charge is -2.19. The maximum atomic E-state index is 12.9. The number of esters is 1. The first-order valence-electron chi connectivity index (χ1n) is 10.8. The lowest BCUT2D eigenvalue weighted by atomic mass is 9.81. The van der Waals surface area contributed by atoms with Crippen molar-refractivity contribution in [2.24, 2.45) is 23.7 Å². The molecule has 2 saturated carbocycles. The predicted octanol–water partition coefficient (Wildman–Crippen LogP) is 3.17. The zero-order valence-corrected chi connectivity index (χ0v) is 17.5. The summed E-state index contributed by atoms with van der Waals surface area (Å²) in [5.74, 6) is -1.37. The number of benzene rings is 2. The van der Waals surface area contributed by atoms with Crippen molar-refractivity contribution in [1.29, 1.82) is 0 Å². The van der Waals surface area contributed by atoms with Crippen molar-refractivity contribution in [3.8, 4) is 0 Å². The molecule has 0 unspecified atom stereocenters. The quantitative estimate of drug-likeness (QED) is 0.219. The van der Waals surface area contributed by atoms with Gasteiger partial charge in [0.1, 0.15) is 0 Å². The van der Waals surface area contributed by atoms with Gasteiger partial charge < -0.3 is 4.74 Å². The molecule has 2 bridgehead atoms. The van der Waals surface area contributed by atoms with Crippen molar-refractivity contribution in [1.82, 2.24) is 0 Å². The van der Waals surface area contributed by atoms with Gasteiger partial charge in [-0.1, -0.05) is 0 Å². The molecule has 4 atom stereocenters. The van der Waals surface area contributed by atoms with E-state index in [1.165, 1.54) is 53.4 Å². The molecule has 2 aromatic rings. The number of rotatable bonds is 6. The standard InChI is InChI=1S/C24H20N2O7/c27-19(13-3-9-18(10-4-13)26(31)32)12-33-24(30)14-5-7-17(8-6-14)25-22(28)20-15-1-2-16(11-15)21(20)23(25)29/h3-10,15-16,20-21H,1-2,11-12H2/t15-,16+,20-,21-/m0/s1. The Kier molecular flexibility index (Phi) is 5.03. The molecule has 9 nitrogen and oxygen atoms in total. The third-order valence-corrected chi connectivity index (χ3v) is 7.02. The molecule has 3 aliphatic rings. The first-order valence-corrected chi connectivity index (χ1v) is 10.8. The summed E-state index contributed by atoms with van der Waals surface area (Å²) < 4.78 is 5.06. The number of imide groups is 1. The summed E-state index contributed by atoms with van der Waals surface area (Å²) in [4.78, 5) is 61.7. The Labute approximate surface area is 188 Å². The number of ether oxygens (including phenoxy) is 1. The summed E-state index contributed by atoms with van der Waals surface area (Å²) in [6.45, 7) is -0.520. The van der Waals surface area contributed by atoms with E-state index in [1.807, 2.05) is 0 Å². The molecule has 1 aliphatic heterocycles. The Hall–Kier alpha value is -3.88. The molecule has 0 aromatic heterocycles. The van der Waals surface area contributed by atoms with E-state index in [2.05, 4.69) is 0 Å². The van der Waals surface area contributed by atoms with Gasteiger partial charge in [-0.05, 0) is 67.5 Å². The Balaban J connectivity index is 1.22. The first kappa shape index (κ1) is 21.0. The van der Waals surface area contributed by atoms with E-state index in [1.54, 1.807) is 0 Å². The van der Waals surface area contributed by atoms with Crippen LogP contribution >= 0.6 is 0 Å². The fourth-order valence-electron chi connectivity index (χ4n) is 5.48. The molecule has 1 heterocycles. The van der Waals surface area contributed by atoms with E-state index < -0.39 is 23.3 Å². The van der Waals surface area contributed by atoms with Crippen LogP contribution in [0.2, 0.25) is 0 Å². The second-order valence-electron chi connectivity index (χ2n) is 8.75. The topological polar surface area (TPSA) is 124 Å². The monoisotopic (exact) mass is 448 g/mol. The van der Waals surface area contributed by atoms with Crippen LogP contribution in [0, 0.1) is 33.8 Å². The molecule has 2 aromatic carbocycles. The van der Waals surface area contributed by atoms with Crippen LogP contribution in [0.3, 0.4) is 0 Å². The highest BCUT2D eigenvalue weighted by Gasteiger charge is 2.61. The fraction of sp³-hybridized carbons (Fsp3) is 0.333. The van der Waals surface area contributed by atoms with E-state index in [-0.39, 0.29) is 40.5 Å². The van der Waals surface area contributed by atoms with Crippen molar-refractivity contribution >= 4 is 34.9 Å². The number of hydrogen-bond acceptors (Lipinski definition) is 7. The lowest BCUT2D eigenvalue weighted by Crippen LogP contribution is -2.32. The number of nitro benzene ring substituents is 1. The zero-order valence-electron chi connectivity index (χ0n) is 17.5. The largest absolute Gasteiger partial charge is 0.454 e. The summed E-state index contributed by atoms with van der Waals surface area (Å²) in [5.41, 5.74) is 0.649. The van der Waals surface area contributed by atoms with Gasteiger partial charge in [-0.2, -0.15) is 0 Å². The Bertz CT molecular complexity index is 1140. The highest BCUT2D eigenvalue weighted by Crippen LogP contribution is 2.56. The smallest absolute Gasteiger partial charge is 0.338 e. The van der Waals surface area contributed by atoms with Crippen molar-refractivity contribution < 1.29 is 28.8 Å². The van der Waals surface area contributed by atoms with Crippen LogP contribution in [0.5, 0.6) is 0 Å². The van der Waals surface area contributed by atoms with Crippen LogP contribution in [0.15, 0.2) is 48.5 Å². The molecular weight excluding hydrogens is 428 g/mol. The van der Waals surface area contributed by atoms with Gasteiger partial charge in [-0.15, -0.1) is 0 Å². The van der Waals surface area contributed by atoms with E-state index in [4.69, 9.17) is 4.74 Å².